The van der Waals surface area contributed by atoms with Gasteiger partial charge in [0.2, 0.25) is 0 Å². The molecule has 0 bridgehead atoms. The van der Waals surface area contributed by atoms with E-state index in [2.05, 4.69) is 11.2 Å². The molecule has 0 fully saturated rings. The molecule has 0 spiro atoms. The van der Waals surface area contributed by atoms with Crippen LogP contribution in [0.1, 0.15) is 27.2 Å². The number of hydrogen-bond donors (Lipinski definition) is 0. The Bertz CT molecular complexity index is 1400. The van der Waals surface area contributed by atoms with Crippen LogP contribution in [0.5, 0.6) is 0 Å². The molecule has 0 saturated heterocycles. The molecule has 0 radical (unpaired) electrons. The van der Waals surface area contributed by atoms with Crippen molar-refractivity contribution >= 4 is 16.7 Å². The quantitative estimate of drug-likeness (QED) is 0.486. The summed E-state index contributed by atoms with van der Waals surface area (Å²) in [7, 11) is 1.50. The van der Waals surface area contributed by atoms with Crippen molar-refractivity contribution in [3.8, 4) is 6.07 Å². The summed E-state index contributed by atoms with van der Waals surface area (Å²) < 4.78 is 14.9. The topological polar surface area (TPSA) is 79.0 Å². The molecular formula is C25H19FN4O2. The molecule has 0 N–H and O–H groups in total. The predicted molar refractivity (Wildman–Crippen MR) is 118 cm³/mol. The SMILES string of the molecule is Cn1nc(C(=O)N(Cc2ccc(C#N)cc2)Cc2cccc(F)c2)c2ccccc2c1=O. The molecule has 4 rings (SSSR count). The van der Waals surface area contributed by atoms with Gasteiger partial charge in [0.25, 0.3) is 11.5 Å². The average Bonchev–Trinajstić information content (AvgIpc) is 2.81. The first-order chi connectivity index (χ1) is 15.5. The second-order valence-corrected chi connectivity index (χ2v) is 7.42. The molecule has 0 saturated carbocycles. The van der Waals surface area contributed by atoms with Gasteiger partial charge in [0.05, 0.1) is 17.0 Å². The summed E-state index contributed by atoms with van der Waals surface area (Å²) >= 11 is 0. The van der Waals surface area contributed by atoms with E-state index in [1.165, 1.54) is 19.2 Å². The number of carbonyl (C=O) groups is 1. The smallest absolute Gasteiger partial charge is 0.275 e. The number of carbonyl (C=O) groups excluding carboxylic acids is 1. The van der Waals surface area contributed by atoms with Crippen LogP contribution in [0.15, 0.2) is 77.6 Å². The minimum Gasteiger partial charge on any atom is -0.329 e. The van der Waals surface area contributed by atoms with Crippen LogP contribution < -0.4 is 5.56 Å². The largest absolute Gasteiger partial charge is 0.329 e. The van der Waals surface area contributed by atoms with E-state index in [0.717, 1.165) is 10.2 Å². The van der Waals surface area contributed by atoms with Gasteiger partial charge in [-0.2, -0.15) is 10.4 Å². The van der Waals surface area contributed by atoms with E-state index in [4.69, 9.17) is 5.26 Å². The van der Waals surface area contributed by atoms with E-state index in [9.17, 15) is 14.0 Å². The highest BCUT2D eigenvalue weighted by molar-refractivity contribution is 6.04. The van der Waals surface area contributed by atoms with Crippen molar-refractivity contribution in [1.29, 1.82) is 5.26 Å². The Kier molecular flexibility index (Phi) is 5.77. The second-order valence-electron chi connectivity index (χ2n) is 7.42. The third kappa shape index (κ3) is 4.25. The monoisotopic (exact) mass is 426 g/mol. The third-order valence-corrected chi connectivity index (χ3v) is 5.17. The lowest BCUT2D eigenvalue weighted by molar-refractivity contribution is 0.0723. The van der Waals surface area contributed by atoms with Gasteiger partial charge < -0.3 is 4.90 Å². The van der Waals surface area contributed by atoms with Gasteiger partial charge in [-0.15, -0.1) is 0 Å². The molecule has 32 heavy (non-hydrogen) atoms. The maximum atomic E-state index is 13.8. The van der Waals surface area contributed by atoms with Crippen LogP contribution in [-0.2, 0) is 20.1 Å². The van der Waals surface area contributed by atoms with E-state index >= 15 is 0 Å². The lowest BCUT2D eigenvalue weighted by atomic mass is 10.1. The minimum absolute atomic E-state index is 0.146. The zero-order valence-corrected chi connectivity index (χ0v) is 17.3. The number of benzene rings is 3. The molecule has 7 heteroatoms. The number of halogens is 1. The van der Waals surface area contributed by atoms with Crippen molar-refractivity contribution in [2.45, 2.75) is 13.1 Å². The van der Waals surface area contributed by atoms with Crippen molar-refractivity contribution in [1.82, 2.24) is 14.7 Å². The molecule has 3 aromatic carbocycles. The molecule has 0 unspecified atom stereocenters. The Balaban J connectivity index is 1.77. The Labute approximate surface area is 183 Å². The lowest BCUT2D eigenvalue weighted by Gasteiger charge is -2.23. The van der Waals surface area contributed by atoms with Gasteiger partial charge in [-0.3, -0.25) is 9.59 Å². The molecule has 1 amide bonds. The van der Waals surface area contributed by atoms with Crippen molar-refractivity contribution in [2.24, 2.45) is 7.05 Å². The molecule has 6 nitrogen and oxygen atoms in total. The fraction of sp³-hybridized carbons (Fsp3) is 0.120. The molecular weight excluding hydrogens is 407 g/mol. The second kappa shape index (κ2) is 8.82. The van der Waals surface area contributed by atoms with Crippen LogP contribution >= 0.6 is 0 Å². The minimum atomic E-state index is -0.390. The number of hydrogen-bond acceptors (Lipinski definition) is 4. The number of fused-ring (bicyclic) bond motifs is 1. The van der Waals surface area contributed by atoms with E-state index in [1.807, 2.05) is 0 Å². The molecule has 4 aromatic rings. The van der Waals surface area contributed by atoms with Crippen molar-refractivity contribution in [3.05, 3.63) is 111 Å². The van der Waals surface area contributed by atoms with E-state index < -0.39 is 0 Å². The predicted octanol–water partition coefficient (Wildman–Crippen LogP) is 3.79. The number of amides is 1. The summed E-state index contributed by atoms with van der Waals surface area (Å²) in [4.78, 5) is 27.7. The highest BCUT2D eigenvalue weighted by Gasteiger charge is 2.22. The summed E-state index contributed by atoms with van der Waals surface area (Å²) in [6, 6.07) is 21.9. The summed E-state index contributed by atoms with van der Waals surface area (Å²) in [5.41, 5.74) is 1.81. The van der Waals surface area contributed by atoms with Crippen LogP contribution in [0.2, 0.25) is 0 Å². The van der Waals surface area contributed by atoms with Gasteiger partial charge in [0.1, 0.15) is 5.82 Å². The zero-order valence-electron chi connectivity index (χ0n) is 17.3. The van der Waals surface area contributed by atoms with Gasteiger partial charge in [-0.25, -0.2) is 9.07 Å². The fourth-order valence-electron chi connectivity index (χ4n) is 3.57. The maximum absolute atomic E-state index is 13.8. The first-order valence-corrected chi connectivity index (χ1v) is 9.95. The fourth-order valence-corrected chi connectivity index (χ4v) is 3.57. The summed E-state index contributed by atoms with van der Waals surface area (Å²) in [5, 5.41) is 14.1. The van der Waals surface area contributed by atoms with Crippen LogP contribution in [0, 0.1) is 17.1 Å². The summed E-state index contributed by atoms with van der Waals surface area (Å²) in [5.74, 6) is -0.774. The molecule has 0 aliphatic rings. The van der Waals surface area contributed by atoms with Gasteiger partial charge in [0.15, 0.2) is 5.69 Å². The Morgan fingerprint density at radius 3 is 2.38 bits per heavy atom. The number of rotatable bonds is 5. The molecule has 0 aliphatic carbocycles. The van der Waals surface area contributed by atoms with Gasteiger partial charge in [-0.05, 0) is 41.5 Å². The van der Waals surface area contributed by atoms with Crippen LogP contribution in [0.3, 0.4) is 0 Å². The number of nitrogens with zero attached hydrogens (tertiary/aromatic N) is 4. The van der Waals surface area contributed by atoms with Crippen LogP contribution in [0.4, 0.5) is 4.39 Å². The Morgan fingerprint density at radius 2 is 1.69 bits per heavy atom. The summed E-state index contributed by atoms with van der Waals surface area (Å²) in [6.07, 6.45) is 0. The molecule has 0 atom stereocenters. The first kappa shape index (κ1) is 20.9. The lowest BCUT2D eigenvalue weighted by Crippen LogP contribution is -2.33. The van der Waals surface area contributed by atoms with Crippen molar-refractivity contribution in [3.63, 3.8) is 0 Å². The first-order valence-electron chi connectivity index (χ1n) is 9.95. The normalized spacial score (nSPS) is 10.7. The van der Waals surface area contributed by atoms with Crippen molar-refractivity contribution < 1.29 is 9.18 Å². The zero-order chi connectivity index (χ0) is 22.7. The number of aromatic nitrogens is 2. The van der Waals surface area contributed by atoms with E-state index in [0.29, 0.717) is 21.9 Å². The number of nitriles is 1. The number of aryl methyl sites for hydroxylation is 1. The molecule has 158 valence electrons. The van der Waals surface area contributed by atoms with Crippen LogP contribution in [0.25, 0.3) is 10.8 Å². The van der Waals surface area contributed by atoms with Gasteiger partial charge >= 0.3 is 0 Å². The van der Waals surface area contributed by atoms with Crippen molar-refractivity contribution in [2.75, 3.05) is 0 Å². The highest BCUT2D eigenvalue weighted by atomic mass is 19.1. The third-order valence-electron chi connectivity index (χ3n) is 5.17. The maximum Gasteiger partial charge on any atom is 0.275 e. The highest BCUT2D eigenvalue weighted by Crippen LogP contribution is 2.19. The van der Waals surface area contributed by atoms with Gasteiger partial charge in [0, 0.05) is 25.5 Å². The molecule has 0 aliphatic heterocycles. The van der Waals surface area contributed by atoms with E-state index in [-0.39, 0.29) is 36.1 Å². The van der Waals surface area contributed by atoms with Gasteiger partial charge in [-0.1, -0.05) is 42.5 Å². The molecule has 1 heterocycles. The Hall–Kier alpha value is -4.31. The average molecular weight is 426 g/mol. The molecule has 1 aromatic heterocycles. The summed E-state index contributed by atoms with van der Waals surface area (Å²) in [6.45, 7) is 0.370. The Morgan fingerprint density at radius 1 is 1.00 bits per heavy atom. The van der Waals surface area contributed by atoms with Crippen LogP contribution in [-0.4, -0.2) is 20.6 Å². The standard InChI is InChI=1S/C25H19FN4O2/c1-29-24(31)22-8-3-2-7-21(22)23(28-29)25(32)30(16-19-5-4-6-20(26)13-19)15-18-11-9-17(14-27)10-12-18/h2-13H,15-16H2,1H3. The van der Waals surface area contributed by atoms with E-state index in [1.54, 1.807) is 65.6 Å².